The topological polar surface area (TPSA) is 99.8 Å². The van der Waals surface area contributed by atoms with Gasteiger partial charge in [0.1, 0.15) is 24.4 Å². The van der Waals surface area contributed by atoms with Gasteiger partial charge in [0.2, 0.25) is 0 Å². The van der Waals surface area contributed by atoms with Crippen molar-refractivity contribution in [1.82, 2.24) is 15.6 Å². The Morgan fingerprint density at radius 2 is 1.93 bits per heavy atom. The molecule has 3 saturated carbocycles. The van der Waals surface area contributed by atoms with Gasteiger partial charge in [-0.1, -0.05) is 11.6 Å². The Kier molecular flexibility index (Phi) is 4.87. The van der Waals surface area contributed by atoms with E-state index in [-0.39, 0.29) is 22.7 Å². The van der Waals surface area contributed by atoms with Crippen LogP contribution in [0.2, 0.25) is 5.02 Å². The molecule has 0 amide bonds. The van der Waals surface area contributed by atoms with Gasteiger partial charge in [0, 0.05) is 24.1 Å². The molecular formula is C19H23ClFN3O4. The van der Waals surface area contributed by atoms with Gasteiger partial charge in [-0.05, 0) is 38.3 Å². The lowest BCUT2D eigenvalue weighted by molar-refractivity contribution is -0.153. The minimum atomic E-state index is -0.910. The third kappa shape index (κ3) is 3.62. The summed E-state index contributed by atoms with van der Waals surface area (Å²) in [5.74, 6) is 0.699. The molecule has 2 bridgehead atoms. The fraction of sp³-hybridized carbons (Fsp3) is 0.526. The van der Waals surface area contributed by atoms with Crippen molar-refractivity contribution in [3.63, 3.8) is 0 Å². The number of nitrogens with one attached hydrogen (secondary N) is 2. The highest BCUT2D eigenvalue weighted by atomic mass is 35.5. The minimum absolute atomic E-state index is 0.0115. The van der Waals surface area contributed by atoms with Crippen LogP contribution in [0, 0.1) is 19.7 Å². The molecule has 2 aromatic rings. The quantitative estimate of drug-likeness (QED) is 0.495. The fourth-order valence-electron chi connectivity index (χ4n) is 4.39. The summed E-state index contributed by atoms with van der Waals surface area (Å²) in [5, 5.41) is 27.0. The van der Waals surface area contributed by atoms with Gasteiger partial charge in [-0.25, -0.2) is 9.37 Å². The van der Waals surface area contributed by atoms with Crippen LogP contribution in [0.1, 0.15) is 42.8 Å². The van der Waals surface area contributed by atoms with Crippen LogP contribution in [0.15, 0.2) is 22.6 Å². The van der Waals surface area contributed by atoms with E-state index < -0.39 is 18.3 Å². The number of hydrogen-bond acceptors (Lipinski definition) is 7. The summed E-state index contributed by atoms with van der Waals surface area (Å²) >= 11 is 5.63. The number of aliphatic hydroxyl groups is 2. The number of aromatic nitrogens is 1. The van der Waals surface area contributed by atoms with Crippen LogP contribution in [0.4, 0.5) is 4.39 Å². The molecule has 5 rings (SSSR count). The van der Waals surface area contributed by atoms with Crippen molar-refractivity contribution in [3.05, 3.63) is 46.4 Å². The van der Waals surface area contributed by atoms with E-state index in [9.17, 15) is 14.6 Å². The van der Waals surface area contributed by atoms with Gasteiger partial charge in [-0.3, -0.25) is 10.6 Å². The zero-order chi connectivity index (χ0) is 20.1. The number of benzene rings is 1. The Balaban J connectivity index is 1.24. The highest BCUT2D eigenvalue weighted by Gasteiger charge is 2.68. The predicted molar refractivity (Wildman–Crippen MR) is 99.4 cm³/mol. The minimum Gasteiger partial charge on any atom is -0.489 e. The SMILES string of the molecule is Cc1nc(C)c(C(O)NC23CC(NC(O)COc4ccc(Cl)c(F)c4)(C2)C3)o1. The molecule has 3 aliphatic rings. The second-order valence-corrected chi connectivity index (χ2v) is 8.27. The maximum Gasteiger partial charge on any atom is 0.191 e. The van der Waals surface area contributed by atoms with E-state index in [0.29, 0.717) is 23.1 Å². The monoisotopic (exact) mass is 411 g/mol. The van der Waals surface area contributed by atoms with E-state index >= 15 is 0 Å². The first-order valence-electron chi connectivity index (χ1n) is 9.13. The van der Waals surface area contributed by atoms with E-state index in [4.69, 9.17) is 20.8 Å². The molecule has 1 heterocycles. The van der Waals surface area contributed by atoms with Crippen molar-refractivity contribution in [2.45, 2.75) is 56.6 Å². The first-order chi connectivity index (χ1) is 13.2. The third-order valence-corrected chi connectivity index (χ3v) is 5.74. The summed E-state index contributed by atoms with van der Waals surface area (Å²) in [6, 6.07) is 4.14. The average Bonchev–Trinajstić information content (AvgIpc) is 2.91. The summed E-state index contributed by atoms with van der Waals surface area (Å²) in [4.78, 5) is 4.17. The maximum atomic E-state index is 13.4. The molecule has 0 radical (unpaired) electrons. The highest BCUT2D eigenvalue weighted by molar-refractivity contribution is 6.30. The lowest BCUT2D eigenvalue weighted by Gasteiger charge is -2.71. The standard InChI is InChI=1S/C19H23ClFN3O4/c1-10-16(28-11(2)22-10)17(26)24-19-7-18(8-19,9-19)23-15(25)6-27-12-3-4-13(20)14(21)5-12/h3-5,15,17,23-26H,6-9H2,1-2H3. The van der Waals surface area contributed by atoms with Crippen LogP contribution in [-0.2, 0) is 0 Å². The molecule has 3 aliphatic carbocycles. The molecule has 9 heteroatoms. The highest BCUT2D eigenvalue weighted by Crippen LogP contribution is 2.61. The first kappa shape index (κ1) is 19.6. The molecule has 1 aromatic heterocycles. The number of oxazole rings is 1. The normalized spacial score (nSPS) is 27.6. The van der Waals surface area contributed by atoms with E-state index in [0.717, 1.165) is 19.3 Å². The van der Waals surface area contributed by atoms with Gasteiger partial charge >= 0.3 is 0 Å². The molecule has 7 nitrogen and oxygen atoms in total. The molecule has 4 N–H and O–H groups in total. The maximum absolute atomic E-state index is 13.4. The molecule has 0 aliphatic heterocycles. The number of hydrogen-bond donors (Lipinski definition) is 4. The summed E-state index contributed by atoms with van der Waals surface area (Å²) in [6.45, 7) is 3.53. The number of halogens is 2. The molecule has 0 spiro atoms. The summed E-state index contributed by atoms with van der Waals surface area (Å²) in [7, 11) is 0. The number of rotatable bonds is 8. The molecule has 1 aromatic carbocycles. The van der Waals surface area contributed by atoms with Crippen molar-refractivity contribution in [1.29, 1.82) is 0 Å². The van der Waals surface area contributed by atoms with Crippen LogP contribution in [0.5, 0.6) is 5.75 Å². The molecule has 28 heavy (non-hydrogen) atoms. The Labute approximate surface area is 166 Å². The molecule has 152 valence electrons. The number of nitrogens with zero attached hydrogens (tertiary/aromatic N) is 1. The second-order valence-electron chi connectivity index (χ2n) is 7.87. The van der Waals surface area contributed by atoms with Crippen LogP contribution < -0.4 is 15.4 Å². The van der Waals surface area contributed by atoms with Crippen LogP contribution in [-0.4, -0.2) is 39.1 Å². The summed E-state index contributed by atoms with van der Waals surface area (Å²) in [6.07, 6.45) is 0.524. The Hall–Kier alpha value is -1.71. The summed E-state index contributed by atoms with van der Waals surface area (Å²) < 4.78 is 24.3. The zero-order valence-electron chi connectivity index (χ0n) is 15.6. The van der Waals surface area contributed by atoms with Crippen LogP contribution in [0.25, 0.3) is 0 Å². The van der Waals surface area contributed by atoms with Crippen LogP contribution >= 0.6 is 11.6 Å². The third-order valence-electron chi connectivity index (χ3n) is 5.43. The van der Waals surface area contributed by atoms with E-state index in [1.54, 1.807) is 19.9 Å². The molecular weight excluding hydrogens is 389 g/mol. The largest absolute Gasteiger partial charge is 0.489 e. The van der Waals surface area contributed by atoms with Crippen molar-refractivity contribution in [2.24, 2.45) is 0 Å². The Morgan fingerprint density at radius 3 is 2.54 bits per heavy atom. The van der Waals surface area contributed by atoms with Crippen LogP contribution in [0.3, 0.4) is 0 Å². The van der Waals surface area contributed by atoms with Crippen molar-refractivity contribution >= 4 is 11.6 Å². The number of ether oxygens (including phenoxy) is 1. The fourth-order valence-corrected chi connectivity index (χ4v) is 4.50. The average molecular weight is 412 g/mol. The molecule has 2 atom stereocenters. The second kappa shape index (κ2) is 6.96. The van der Waals surface area contributed by atoms with Crippen molar-refractivity contribution in [3.8, 4) is 5.75 Å². The predicted octanol–water partition coefficient (Wildman–Crippen LogP) is 2.33. The van der Waals surface area contributed by atoms with Gasteiger partial charge in [-0.15, -0.1) is 0 Å². The Morgan fingerprint density at radius 1 is 1.25 bits per heavy atom. The van der Waals surface area contributed by atoms with Crippen molar-refractivity contribution < 1.29 is 23.8 Å². The van der Waals surface area contributed by atoms with Gasteiger partial charge < -0.3 is 19.4 Å². The molecule has 3 fully saturated rings. The Bertz CT molecular complexity index is 870. The van der Waals surface area contributed by atoms with Gasteiger partial charge in [0.05, 0.1) is 10.7 Å². The lowest BCUT2D eigenvalue weighted by atomic mass is 9.44. The number of aliphatic hydroxyl groups excluding tert-OH is 2. The van der Waals surface area contributed by atoms with Gasteiger partial charge in [-0.2, -0.15) is 0 Å². The van der Waals surface area contributed by atoms with Crippen molar-refractivity contribution in [2.75, 3.05) is 6.61 Å². The first-order valence-corrected chi connectivity index (χ1v) is 9.50. The van der Waals surface area contributed by atoms with E-state index in [1.807, 2.05) is 0 Å². The molecule has 2 unspecified atom stereocenters. The van der Waals surface area contributed by atoms with Gasteiger partial charge in [0.25, 0.3) is 0 Å². The smallest absolute Gasteiger partial charge is 0.191 e. The van der Waals surface area contributed by atoms with E-state index in [1.165, 1.54) is 12.1 Å². The van der Waals surface area contributed by atoms with Gasteiger partial charge in [0.15, 0.2) is 17.9 Å². The number of aryl methyl sites for hydroxylation is 2. The lowest BCUT2D eigenvalue weighted by Crippen LogP contribution is -2.84. The zero-order valence-corrected chi connectivity index (χ0v) is 16.4. The summed E-state index contributed by atoms with van der Waals surface area (Å²) in [5.41, 5.74) is 0.329. The van der Waals surface area contributed by atoms with E-state index in [2.05, 4.69) is 15.6 Å². The molecule has 0 saturated heterocycles.